The van der Waals surface area contributed by atoms with Crippen LogP contribution in [-0.2, 0) is 0 Å². The summed E-state index contributed by atoms with van der Waals surface area (Å²) in [5, 5.41) is 5.11. The lowest BCUT2D eigenvalue weighted by molar-refractivity contribution is 0.387. The number of allylic oxidation sites excluding steroid dienone is 2. The molecule has 2 aromatic rings. The van der Waals surface area contributed by atoms with Crippen LogP contribution in [0, 0.1) is 0 Å². The minimum atomic E-state index is -0.640. The Morgan fingerprint density at radius 1 is 0.955 bits per heavy atom. The average molecular weight is 314 g/mol. The first-order chi connectivity index (χ1) is 10.8. The Hall–Kier alpha value is -2.40. The van der Waals surface area contributed by atoms with Crippen molar-refractivity contribution in [3.05, 3.63) is 53.3 Å². The van der Waals surface area contributed by atoms with Gasteiger partial charge in [-0.2, -0.15) is 10.9 Å². The Labute approximate surface area is 132 Å². The van der Waals surface area contributed by atoms with Gasteiger partial charge in [0.25, 0.3) is 0 Å². The maximum Gasteiger partial charge on any atom is 0.172 e. The minimum absolute atomic E-state index is 0.383. The number of methoxy groups -OCH3 is 2. The maximum absolute atomic E-state index is 6.13. The van der Waals surface area contributed by atoms with E-state index in [1.54, 1.807) is 14.2 Å². The van der Waals surface area contributed by atoms with Crippen molar-refractivity contribution in [2.24, 2.45) is 0 Å². The summed E-state index contributed by atoms with van der Waals surface area (Å²) < 4.78 is 11.2. The van der Waals surface area contributed by atoms with Gasteiger partial charge in [0.2, 0.25) is 0 Å². The highest BCUT2D eigenvalue weighted by Crippen LogP contribution is 2.52. The van der Waals surface area contributed by atoms with Crippen LogP contribution < -0.4 is 15.2 Å². The van der Waals surface area contributed by atoms with Crippen LogP contribution in [0.5, 0.6) is 11.5 Å². The number of benzene rings is 1. The summed E-state index contributed by atoms with van der Waals surface area (Å²) >= 11 is 0. The summed E-state index contributed by atoms with van der Waals surface area (Å²) in [6.45, 7) is 0. The van der Waals surface area contributed by atoms with Gasteiger partial charge in [-0.15, -0.1) is 0 Å². The second kappa shape index (κ2) is 6.15. The molecular weight excluding hydrogens is 296 g/mol. The van der Waals surface area contributed by atoms with Crippen molar-refractivity contribution in [2.45, 2.75) is 5.03 Å². The molecule has 0 fully saturated rings. The summed E-state index contributed by atoms with van der Waals surface area (Å²) in [6, 6.07) is 9.95. The zero-order valence-electron chi connectivity index (χ0n) is 12.5. The van der Waals surface area contributed by atoms with E-state index in [4.69, 9.17) is 15.2 Å². The maximum atomic E-state index is 6.13. The van der Waals surface area contributed by atoms with Crippen LogP contribution in [0.3, 0.4) is 0 Å². The standard InChI is InChI=1S/C17H18N2O2S/c1-20-14-13(12-8-4-3-5-9-12)15(21-2)17(19-16(14)18)22-10-6-7-11-22/h3-11,22H,1-2H3,(H2,18,19). The van der Waals surface area contributed by atoms with E-state index in [2.05, 4.69) is 15.8 Å². The number of nitrogens with zero attached hydrogens (tertiary/aromatic N) is 1. The minimum Gasteiger partial charge on any atom is -0.493 e. The highest BCUT2D eigenvalue weighted by Gasteiger charge is 2.23. The van der Waals surface area contributed by atoms with Crippen molar-refractivity contribution in [3.8, 4) is 22.6 Å². The van der Waals surface area contributed by atoms with E-state index in [0.29, 0.717) is 11.6 Å². The predicted octanol–water partition coefficient (Wildman–Crippen LogP) is 3.75. The van der Waals surface area contributed by atoms with Gasteiger partial charge in [0.05, 0.1) is 19.8 Å². The largest absolute Gasteiger partial charge is 0.493 e. The third-order valence-corrected chi connectivity index (χ3v) is 5.21. The molecule has 5 heteroatoms. The Bertz CT molecular complexity index is 730. The van der Waals surface area contributed by atoms with Crippen LogP contribution in [0.2, 0.25) is 0 Å². The molecule has 22 heavy (non-hydrogen) atoms. The van der Waals surface area contributed by atoms with Crippen LogP contribution in [0.4, 0.5) is 5.82 Å². The summed E-state index contributed by atoms with van der Waals surface area (Å²) in [6.07, 6.45) is 4.05. The number of anilines is 1. The molecule has 4 nitrogen and oxygen atoms in total. The summed E-state index contributed by atoms with van der Waals surface area (Å²) in [5.74, 6) is 1.65. The highest BCUT2D eigenvalue weighted by molar-refractivity contribution is 8.22. The molecule has 0 bridgehead atoms. The number of hydrogen-bond acceptors (Lipinski definition) is 4. The van der Waals surface area contributed by atoms with Crippen molar-refractivity contribution in [1.29, 1.82) is 0 Å². The monoisotopic (exact) mass is 314 g/mol. The Morgan fingerprint density at radius 2 is 1.59 bits per heavy atom. The van der Waals surface area contributed by atoms with E-state index in [1.165, 1.54) is 0 Å². The number of nitrogen functional groups attached to an aromatic ring is 1. The van der Waals surface area contributed by atoms with E-state index in [9.17, 15) is 0 Å². The van der Waals surface area contributed by atoms with Crippen molar-refractivity contribution in [1.82, 2.24) is 4.98 Å². The lowest BCUT2D eigenvalue weighted by atomic mass is 10.0. The Kier molecular flexibility index (Phi) is 4.06. The quantitative estimate of drug-likeness (QED) is 0.844. The number of aromatic nitrogens is 1. The van der Waals surface area contributed by atoms with Crippen molar-refractivity contribution in [3.63, 3.8) is 0 Å². The second-order valence-electron chi connectivity index (χ2n) is 4.72. The van der Waals surface area contributed by atoms with Crippen LogP contribution in [0.15, 0.2) is 58.3 Å². The van der Waals surface area contributed by atoms with Gasteiger partial charge < -0.3 is 15.2 Å². The van der Waals surface area contributed by atoms with E-state index in [1.807, 2.05) is 42.5 Å². The van der Waals surface area contributed by atoms with E-state index in [-0.39, 0.29) is 0 Å². The number of thiol groups is 1. The molecule has 0 saturated heterocycles. The zero-order valence-corrected chi connectivity index (χ0v) is 13.4. The predicted molar refractivity (Wildman–Crippen MR) is 92.7 cm³/mol. The second-order valence-corrected chi connectivity index (χ2v) is 6.55. The van der Waals surface area contributed by atoms with E-state index in [0.717, 1.165) is 21.9 Å². The summed E-state index contributed by atoms with van der Waals surface area (Å²) in [7, 11) is 2.61. The van der Waals surface area contributed by atoms with Gasteiger partial charge in [0.15, 0.2) is 17.3 Å². The topological polar surface area (TPSA) is 57.4 Å². The van der Waals surface area contributed by atoms with Gasteiger partial charge in [-0.3, -0.25) is 0 Å². The molecule has 0 radical (unpaired) electrons. The van der Waals surface area contributed by atoms with Crippen LogP contribution in [0.25, 0.3) is 11.1 Å². The van der Waals surface area contributed by atoms with Gasteiger partial charge >= 0.3 is 0 Å². The van der Waals surface area contributed by atoms with Gasteiger partial charge in [0, 0.05) is 0 Å². The smallest absolute Gasteiger partial charge is 0.172 e. The Balaban J connectivity index is 2.29. The van der Waals surface area contributed by atoms with Crippen LogP contribution in [0.1, 0.15) is 0 Å². The molecule has 0 unspecified atom stereocenters. The fraction of sp³-hybridized carbons (Fsp3) is 0.118. The van der Waals surface area contributed by atoms with Crippen LogP contribution >= 0.6 is 10.9 Å². The molecule has 0 amide bonds. The third-order valence-electron chi connectivity index (χ3n) is 3.44. The molecule has 0 aliphatic carbocycles. The molecule has 2 N–H and O–H groups in total. The average Bonchev–Trinajstić information content (AvgIpc) is 3.09. The highest BCUT2D eigenvalue weighted by atomic mass is 32.2. The number of pyridine rings is 1. The summed E-state index contributed by atoms with van der Waals surface area (Å²) in [4.78, 5) is 4.54. The number of hydrogen-bond donors (Lipinski definition) is 2. The summed E-state index contributed by atoms with van der Waals surface area (Å²) in [5.41, 5.74) is 7.98. The molecule has 1 aliphatic rings. The molecule has 1 aliphatic heterocycles. The van der Waals surface area contributed by atoms with Gasteiger partial charge in [-0.05, 0) is 16.4 Å². The van der Waals surface area contributed by atoms with E-state index < -0.39 is 10.9 Å². The van der Waals surface area contributed by atoms with Crippen molar-refractivity contribution < 1.29 is 9.47 Å². The van der Waals surface area contributed by atoms with Crippen LogP contribution in [-0.4, -0.2) is 19.2 Å². The van der Waals surface area contributed by atoms with Gasteiger partial charge in [-0.1, -0.05) is 42.5 Å². The fourth-order valence-electron chi connectivity index (χ4n) is 2.48. The van der Waals surface area contributed by atoms with Gasteiger partial charge in [-0.25, -0.2) is 4.98 Å². The molecule has 1 aromatic carbocycles. The van der Waals surface area contributed by atoms with Crippen molar-refractivity contribution >= 4 is 16.7 Å². The zero-order chi connectivity index (χ0) is 15.5. The first kappa shape index (κ1) is 14.5. The molecule has 1 aromatic heterocycles. The van der Waals surface area contributed by atoms with E-state index >= 15 is 0 Å². The normalized spacial score (nSPS) is 14.4. The molecule has 2 heterocycles. The molecule has 0 spiro atoms. The first-order valence-electron chi connectivity index (χ1n) is 6.86. The Morgan fingerprint density at radius 3 is 2.18 bits per heavy atom. The number of nitrogens with two attached hydrogens (primary N) is 1. The third kappa shape index (κ3) is 2.44. The molecular formula is C17H18N2O2S. The molecule has 0 atom stereocenters. The lowest BCUT2D eigenvalue weighted by Gasteiger charge is -2.21. The molecule has 114 valence electrons. The van der Waals surface area contributed by atoms with Crippen molar-refractivity contribution in [2.75, 3.05) is 20.0 Å². The number of ether oxygens (including phenoxy) is 2. The van der Waals surface area contributed by atoms with Gasteiger partial charge in [0.1, 0.15) is 5.03 Å². The fourth-order valence-corrected chi connectivity index (χ4v) is 4.09. The molecule has 3 rings (SSSR count). The molecule has 0 saturated carbocycles. The SMILES string of the molecule is COc1c(N)nc([SH]2C=CC=C2)c(OC)c1-c1ccccc1. The lowest BCUT2D eigenvalue weighted by Crippen LogP contribution is -2.03. The number of rotatable bonds is 4. The first-order valence-corrected chi connectivity index (χ1v) is 8.34.